The molecule has 0 aliphatic rings. The number of amides is 1. The van der Waals surface area contributed by atoms with E-state index < -0.39 is 5.91 Å². The van der Waals surface area contributed by atoms with E-state index in [1.54, 1.807) is 24.3 Å². The van der Waals surface area contributed by atoms with Gasteiger partial charge in [0.15, 0.2) is 5.78 Å². The Morgan fingerprint density at radius 1 is 1.19 bits per heavy atom. The first-order valence-corrected chi connectivity index (χ1v) is 8.38. The molecular formula is C20H18ClN3O2. The highest BCUT2D eigenvalue weighted by Crippen LogP contribution is 2.15. The molecule has 0 aliphatic heterocycles. The Bertz CT molecular complexity index is 885. The summed E-state index contributed by atoms with van der Waals surface area (Å²) in [7, 11) is 0. The summed E-state index contributed by atoms with van der Waals surface area (Å²) in [5.74, 6) is -0.642. The van der Waals surface area contributed by atoms with Crippen LogP contribution < -0.4 is 10.6 Å². The summed E-state index contributed by atoms with van der Waals surface area (Å²) in [6.07, 6.45) is 2.04. The fourth-order valence-electron chi connectivity index (χ4n) is 2.25. The normalized spacial score (nSPS) is 10.7. The molecule has 0 spiro atoms. The van der Waals surface area contributed by atoms with E-state index in [-0.39, 0.29) is 11.4 Å². The van der Waals surface area contributed by atoms with Gasteiger partial charge in [0.05, 0.1) is 0 Å². The predicted octanol–water partition coefficient (Wildman–Crippen LogP) is 3.72. The van der Waals surface area contributed by atoms with Crippen molar-refractivity contribution in [2.24, 2.45) is 0 Å². The van der Waals surface area contributed by atoms with Crippen LogP contribution in [0.1, 0.15) is 22.8 Å². The highest BCUT2D eigenvalue weighted by atomic mass is 35.5. The third-order valence-electron chi connectivity index (χ3n) is 3.63. The Morgan fingerprint density at radius 3 is 2.65 bits per heavy atom. The van der Waals surface area contributed by atoms with E-state index in [0.717, 1.165) is 5.56 Å². The molecule has 2 N–H and O–H groups in total. The Kier molecular flexibility index (Phi) is 6.95. The van der Waals surface area contributed by atoms with Gasteiger partial charge in [-0.15, -0.1) is 0 Å². The Labute approximate surface area is 157 Å². The first kappa shape index (κ1) is 19.2. The molecule has 0 fully saturated rings. The molecule has 26 heavy (non-hydrogen) atoms. The summed E-state index contributed by atoms with van der Waals surface area (Å²) in [6.45, 7) is 1.98. The van der Waals surface area contributed by atoms with E-state index in [1.165, 1.54) is 13.1 Å². The quantitative estimate of drug-likeness (QED) is 0.338. The van der Waals surface area contributed by atoms with Crippen LogP contribution in [0.5, 0.6) is 0 Å². The molecule has 132 valence electrons. The SMILES string of the molecule is CC(=O)c1cccc(NC(=O)/C(C#N)=C\NCCc2ccccc2Cl)c1. The van der Waals surface area contributed by atoms with Crippen molar-refractivity contribution in [3.8, 4) is 6.07 Å². The second-order valence-electron chi connectivity index (χ2n) is 5.56. The summed E-state index contributed by atoms with van der Waals surface area (Å²) < 4.78 is 0. The number of Topliss-reactive ketones (excluding diaryl/α,β-unsaturated/α-hetero) is 1. The van der Waals surface area contributed by atoms with Crippen LogP contribution in [0.3, 0.4) is 0 Å². The van der Waals surface area contributed by atoms with Crippen LogP contribution >= 0.6 is 11.6 Å². The number of nitrogens with zero attached hydrogens (tertiary/aromatic N) is 1. The molecule has 5 nitrogen and oxygen atoms in total. The number of nitriles is 1. The number of rotatable bonds is 7. The van der Waals surface area contributed by atoms with E-state index >= 15 is 0 Å². The molecule has 0 aliphatic carbocycles. The van der Waals surface area contributed by atoms with Crippen molar-refractivity contribution in [1.82, 2.24) is 5.32 Å². The molecule has 0 saturated heterocycles. The van der Waals surface area contributed by atoms with Gasteiger partial charge in [-0.25, -0.2) is 0 Å². The van der Waals surface area contributed by atoms with Crippen LogP contribution in [0.2, 0.25) is 5.02 Å². The van der Waals surface area contributed by atoms with E-state index in [2.05, 4.69) is 10.6 Å². The van der Waals surface area contributed by atoms with Gasteiger partial charge in [0, 0.05) is 29.0 Å². The average molecular weight is 368 g/mol. The van der Waals surface area contributed by atoms with Gasteiger partial charge in [-0.1, -0.05) is 41.9 Å². The lowest BCUT2D eigenvalue weighted by atomic mass is 10.1. The standard InChI is InChI=1S/C20H18ClN3O2/c1-14(25)16-6-4-7-18(11-16)24-20(26)17(12-22)13-23-10-9-15-5-2-3-8-19(15)21/h2-8,11,13,23H,9-10H2,1H3,(H,24,26)/b17-13-. The number of anilines is 1. The maximum atomic E-state index is 12.2. The lowest BCUT2D eigenvalue weighted by Gasteiger charge is -2.07. The molecule has 0 saturated carbocycles. The van der Waals surface area contributed by atoms with Crippen molar-refractivity contribution in [2.45, 2.75) is 13.3 Å². The van der Waals surface area contributed by atoms with Gasteiger partial charge >= 0.3 is 0 Å². The minimum atomic E-state index is -0.543. The van der Waals surface area contributed by atoms with E-state index in [4.69, 9.17) is 11.6 Å². The summed E-state index contributed by atoms with van der Waals surface area (Å²) in [6, 6.07) is 15.9. The lowest BCUT2D eigenvalue weighted by Crippen LogP contribution is -2.18. The number of ketones is 1. The minimum absolute atomic E-state index is 0.0580. The number of halogens is 1. The van der Waals surface area contributed by atoms with Crippen molar-refractivity contribution in [3.63, 3.8) is 0 Å². The summed E-state index contributed by atoms with van der Waals surface area (Å²) in [4.78, 5) is 23.6. The maximum absolute atomic E-state index is 12.2. The second kappa shape index (κ2) is 9.40. The van der Waals surface area contributed by atoms with Gasteiger partial charge in [-0.05, 0) is 37.1 Å². The Balaban J connectivity index is 1.94. The van der Waals surface area contributed by atoms with Gasteiger partial charge in [0.1, 0.15) is 11.6 Å². The van der Waals surface area contributed by atoms with Gasteiger partial charge in [0.2, 0.25) is 0 Å². The highest BCUT2D eigenvalue weighted by Gasteiger charge is 2.10. The third-order valence-corrected chi connectivity index (χ3v) is 4.00. The third kappa shape index (κ3) is 5.47. The van der Waals surface area contributed by atoms with Crippen LogP contribution in [0.25, 0.3) is 0 Å². The zero-order chi connectivity index (χ0) is 18.9. The zero-order valence-corrected chi connectivity index (χ0v) is 15.0. The maximum Gasteiger partial charge on any atom is 0.267 e. The molecular weight excluding hydrogens is 350 g/mol. The smallest absolute Gasteiger partial charge is 0.267 e. The number of hydrogen-bond donors (Lipinski definition) is 2. The molecule has 0 aromatic heterocycles. The summed E-state index contributed by atoms with van der Waals surface area (Å²) >= 11 is 6.09. The van der Waals surface area contributed by atoms with Crippen molar-refractivity contribution in [1.29, 1.82) is 5.26 Å². The molecule has 0 heterocycles. The van der Waals surface area contributed by atoms with Gasteiger partial charge < -0.3 is 10.6 Å². The first-order chi connectivity index (χ1) is 12.5. The molecule has 0 unspecified atom stereocenters. The molecule has 0 radical (unpaired) electrons. The fourth-order valence-corrected chi connectivity index (χ4v) is 2.48. The van der Waals surface area contributed by atoms with Gasteiger partial charge in [0.25, 0.3) is 5.91 Å². The fraction of sp³-hybridized carbons (Fsp3) is 0.150. The lowest BCUT2D eigenvalue weighted by molar-refractivity contribution is -0.112. The largest absolute Gasteiger partial charge is 0.389 e. The molecule has 0 bridgehead atoms. The topological polar surface area (TPSA) is 82.0 Å². The first-order valence-electron chi connectivity index (χ1n) is 8.00. The molecule has 6 heteroatoms. The van der Waals surface area contributed by atoms with Crippen LogP contribution in [-0.2, 0) is 11.2 Å². The Hall–Kier alpha value is -3.10. The molecule has 2 aromatic carbocycles. The zero-order valence-electron chi connectivity index (χ0n) is 14.3. The average Bonchev–Trinajstić information content (AvgIpc) is 2.63. The highest BCUT2D eigenvalue weighted by molar-refractivity contribution is 6.31. The molecule has 2 rings (SSSR count). The number of nitrogens with one attached hydrogen (secondary N) is 2. The molecule has 2 aromatic rings. The van der Waals surface area contributed by atoms with Crippen LogP contribution in [0, 0.1) is 11.3 Å². The van der Waals surface area contributed by atoms with Crippen LogP contribution in [0.15, 0.2) is 60.3 Å². The monoisotopic (exact) mass is 367 g/mol. The van der Waals surface area contributed by atoms with E-state index in [1.807, 2.05) is 30.3 Å². The second-order valence-corrected chi connectivity index (χ2v) is 5.96. The minimum Gasteiger partial charge on any atom is -0.389 e. The van der Waals surface area contributed by atoms with Gasteiger partial charge in [-0.2, -0.15) is 5.26 Å². The number of carbonyl (C=O) groups is 2. The summed E-state index contributed by atoms with van der Waals surface area (Å²) in [5.41, 5.74) is 1.87. The molecule has 1 amide bonds. The number of hydrogen-bond acceptors (Lipinski definition) is 4. The molecule has 0 atom stereocenters. The van der Waals surface area contributed by atoms with Crippen LogP contribution in [0.4, 0.5) is 5.69 Å². The summed E-state index contributed by atoms with van der Waals surface area (Å²) in [5, 5.41) is 15.4. The van der Waals surface area contributed by atoms with E-state index in [0.29, 0.717) is 29.2 Å². The number of carbonyl (C=O) groups excluding carboxylic acids is 2. The van der Waals surface area contributed by atoms with Crippen molar-refractivity contribution in [2.75, 3.05) is 11.9 Å². The number of benzene rings is 2. The van der Waals surface area contributed by atoms with Crippen molar-refractivity contribution in [3.05, 3.63) is 76.5 Å². The van der Waals surface area contributed by atoms with E-state index in [9.17, 15) is 14.9 Å². The van der Waals surface area contributed by atoms with Crippen molar-refractivity contribution >= 4 is 29.0 Å². The van der Waals surface area contributed by atoms with Crippen molar-refractivity contribution < 1.29 is 9.59 Å². The van der Waals surface area contributed by atoms with Crippen LogP contribution in [-0.4, -0.2) is 18.2 Å². The van der Waals surface area contributed by atoms with Gasteiger partial charge in [-0.3, -0.25) is 9.59 Å². The Morgan fingerprint density at radius 2 is 1.96 bits per heavy atom. The predicted molar refractivity (Wildman–Crippen MR) is 102 cm³/mol.